The van der Waals surface area contributed by atoms with Crippen LogP contribution in [0.2, 0.25) is 0 Å². The van der Waals surface area contributed by atoms with Crippen LogP contribution in [0.4, 0.5) is 5.13 Å². The number of thiazole rings is 1. The minimum Gasteiger partial charge on any atom is -0.345 e. The maximum atomic E-state index is 5.05. The Bertz CT molecular complexity index is 439. The largest absolute Gasteiger partial charge is 0.345 e. The Morgan fingerprint density at radius 2 is 2.10 bits per heavy atom. The van der Waals surface area contributed by atoms with E-state index in [4.69, 9.17) is 4.98 Å². The van der Waals surface area contributed by atoms with Gasteiger partial charge in [0.05, 0.1) is 5.69 Å². The molecule has 1 aliphatic carbocycles. The lowest BCUT2D eigenvalue weighted by Crippen LogP contribution is -2.32. The molecule has 1 aromatic rings. The summed E-state index contributed by atoms with van der Waals surface area (Å²) < 4.78 is 0. The predicted octanol–water partition coefficient (Wildman–Crippen LogP) is 3.90. The summed E-state index contributed by atoms with van der Waals surface area (Å²) in [5, 5.41) is 4.77. The van der Waals surface area contributed by atoms with Gasteiger partial charge in [-0.05, 0) is 39.2 Å². The van der Waals surface area contributed by atoms with Gasteiger partial charge >= 0.3 is 0 Å². The molecule has 0 bridgehead atoms. The topological polar surface area (TPSA) is 28.2 Å². The minimum atomic E-state index is 0.655. The first kappa shape index (κ1) is 14.3. The molecule has 1 atom stereocenters. The fourth-order valence-corrected chi connectivity index (χ4v) is 4.32. The van der Waals surface area contributed by atoms with Gasteiger partial charge in [-0.1, -0.05) is 19.8 Å². The van der Waals surface area contributed by atoms with Gasteiger partial charge in [-0.3, -0.25) is 0 Å². The summed E-state index contributed by atoms with van der Waals surface area (Å²) in [6.45, 7) is 7.78. The van der Waals surface area contributed by atoms with Crippen molar-refractivity contribution in [3.8, 4) is 0 Å². The summed E-state index contributed by atoms with van der Waals surface area (Å²) in [4.78, 5) is 9.10. The minimum absolute atomic E-state index is 0.655. The van der Waals surface area contributed by atoms with Gasteiger partial charge in [0.2, 0.25) is 0 Å². The van der Waals surface area contributed by atoms with E-state index in [1.54, 1.807) is 0 Å². The van der Waals surface area contributed by atoms with Crippen LogP contribution >= 0.6 is 11.3 Å². The van der Waals surface area contributed by atoms with Crippen LogP contribution in [0.15, 0.2) is 0 Å². The smallest absolute Gasteiger partial charge is 0.186 e. The van der Waals surface area contributed by atoms with E-state index in [1.165, 1.54) is 60.8 Å². The van der Waals surface area contributed by atoms with E-state index in [-0.39, 0.29) is 0 Å². The Hall–Kier alpha value is -0.610. The monoisotopic (exact) mass is 293 g/mol. The number of hydrogen-bond acceptors (Lipinski definition) is 4. The average molecular weight is 293 g/mol. The normalized spacial score (nSPS) is 23.9. The number of nitrogens with one attached hydrogen (secondary N) is 1. The molecule has 1 aromatic heterocycles. The summed E-state index contributed by atoms with van der Waals surface area (Å²) in [6.07, 6.45) is 8.09. The van der Waals surface area contributed by atoms with Crippen molar-refractivity contribution in [2.24, 2.45) is 0 Å². The molecule has 2 heterocycles. The van der Waals surface area contributed by atoms with Gasteiger partial charge in [-0.2, -0.15) is 0 Å². The predicted molar refractivity (Wildman–Crippen MR) is 86.7 cm³/mol. The van der Waals surface area contributed by atoms with Crippen molar-refractivity contribution >= 4 is 16.5 Å². The molecule has 20 heavy (non-hydrogen) atoms. The zero-order valence-electron chi connectivity index (χ0n) is 12.8. The molecular formula is C16H27N3S. The van der Waals surface area contributed by atoms with E-state index in [1.807, 2.05) is 11.3 Å². The fourth-order valence-electron chi connectivity index (χ4n) is 3.07. The molecule has 1 N–H and O–H groups in total. The van der Waals surface area contributed by atoms with Gasteiger partial charge in [0.15, 0.2) is 5.13 Å². The molecule has 1 saturated heterocycles. The summed E-state index contributed by atoms with van der Waals surface area (Å²) in [6, 6.07) is 0.655. The molecule has 4 heteroatoms. The van der Waals surface area contributed by atoms with Gasteiger partial charge < -0.3 is 10.2 Å². The SMILES string of the molecule is CCNCc1sc(N2CCCCCC2C)nc1C1CC1. The zero-order chi connectivity index (χ0) is 13.9. The number of hydrogen-bond donors (Lipinski definition) is 1. The van der Waals surface area contributed by atoms with Gasteiger partial charge in [0.25, 0.3) is 0 Å². The molecule has 3 rings (SSSR count). The molecular weight excluding hydrogens is 266 g/mol. The van der Waals surface area contributed by atoms with Crippen molar-refractivity contribution in [2.45, 2.75) is 70.9 Å². The Morgan fingerprint density at radius 3 is 2.85 bits per heavy atom. The van der Waals surface area contributed by atoms with E-state index in [0.29, 0.717) is 6.04 Å². The number of nitrogens with zero attached hydrogens (tertiary/aromatic N) is 2. The lowest BCUT2D eigenvalue weighted by Gasteiger charge is -2.26. The average Bonchev–Trinajstić information content (AvgIpc) is 3.23. The third-order valence-corrected chi connectivity index (χ3v) is 5.62. The molecule has 3 nitrogen and oxygen atoms in total. The summed E-state index contributed by atoms with van der Waals surface area (Å²) in [5.41, 5.74) is 1.40. The Morgan fingerprint density at radius 1 is 1.25 bits per heavy atom. The Labute approximate surface area is 126 Å². The van der Waals surface area contributed by atoms with E-state index in [9.17, 15) is 0 Å². The highest BCUT2D eigenvalue weighted by molar-refractivity contribution is 7.15. The maximum absolute atomic E-state index is 5.05. The molecule has 2 aliphatic rings. The second-order valence-corrected chi connectivity index (χ2v) is 7.31. The molecule has 0 spiro atoms. The van der Waals surface area contributed by atoms with Crippen LogP contribution < -0.4 is 10.2 Å². The van der Waals surface area contributed by atoms with Gasteiger partial charge in [0.1, 0.15) is 0 Å². The fraction of sp³-hybridized carbons (Fsp3) is 0.812. The van der Waals surface area contributed by atoms with E-state index >= 15 is 0 Å². The number of anilines is 1. The lowest BCUT2D eigenvalue weighted by molar-refractivity contribution is 0.614. The molecule has 2 fully saturated rings. The second kappa shape index (κ2) is 6.44. The second-order valence-electron chi connectivity index (χ2n) is 6.25. The third kappa shape index (κ3) is 3.17. The first-order valence-electron chi connectivity index (χ1n) is 8.26. The van der Waals surface area contributed by atoms with Crippen LogP contribution in [0.1, 0.15) is 68.9 Å². The van der Waals surface area contributed by atoms with E-state index < -0.39 is 0 Å². The molecule has 0 aromatic carbocycles. The molecule has 0 amide bonds. The lowest BCUT2D eigenvalue weighted by atomic mass is 10.1. The van der Waals surface area contributed by atoms with Crippen LogP contribution in [0.3, 0.4) is 0 Å². The maximum Gasteiger partial charge on any atom is 0.186 e. The quantitative estimate of drug-likeness (QED) is 0.892. The van der Waals surface area contributed by atoms with Crippen molar-refractivity contribution < 1.29 is 0 Å². The first-order valence-corrected chi connectivity index (χ1v) is 9.08. The highest BCUT2D eigenvalue weighted by Gasteiger charge is 2.31. The number of rotatable bonds is 5. The highest BCUT2D eigenvalue weighted by atomic mass is 32.1. The molecule has 1 aliphatic heterocycles. The van der Waals surface area contributed by atoms with Crippen molar-refractivity contribution in [3.63, 3.8) is 0 Å². The number of aromatic nitrogens is 1. The molecule has 1 saturated carbocycles. The summed E-state index contributed by atoms with van der Waals surface area (Å²) in [5.74, 6) is 0.760. The first-order chi connectivity index (χ1) is 9.79. The third-order valence-electron chi connectivity index (χ3n) is 4.51. The van der Waals surface area contributed by atoms with Crippen molar-refractivity contribution in [1.29, 1.82) is 0 Å². The van der Waals surface area contributed by atoms with Gasteiger partial charge in [0, 0.05) is 29.9 Å². The molecule has 112 valence electrons. The zero-order valence-corrected chi connectivity index (χ0v) is 13.6. The van der Waals surface area contributed by atoms with Crippen molar-refractivity contribution in [3.05, 3.63) is 10.6 Å². The van der Waals surface area contributed by atoms with Crippen LogP contribution in [0.25, 0.3) is 0 Å². The summed E-state index contributed by atoms with van der Waals surface area (Å²) >= 11 is 1.94. The Balaban J connectivity index is 1.81. The summed E-state index contributed by atoms with van der Waals surface area (Å²) in [7, 11) is 0. The molecule has 1 unspecified atom stereocenters. The molecule has 0 radical (unpaired) electrons. The highest BCUT2D eigenvalue weighted by Crippen LogP contribution is 2.44. The standard InChI is InChI=1S/C16H27N3S/c1-3-17-11-14-15(13-8-9-13)18-16(20-14)19-10-6-4-5-7-12(19)2/h12-13,17H,3-11H2,1-2H3. The van der Waals surface area contributed by atoms with E-state index in [0.717, 1.165) is 19.0 Å². The van der Waals surface area contributed by atoms with Crippen molar-refractivity contribution in [1.82, 2.24) is 10.3 Å². The van der Waals surface area contributed by atoms with Crippen LogP contribution in [0.5, 0.6) is 0 Å². The van der Waals surface area contributed by atoms with E-state index in [2.05, 4.69) is 24.1 Å². The Kier molecular flexibility index (Phi) is 4.61. The van der Waals surface area contributed by atoms with Crippen molar-refractivity contribution in [2.75, 3.05) is 18.0 Å². The van der Waals surface area contributed by atoms with Crippen LogP contribution in [-0.4, -0.2) is 24.1 Å². The van der Waals surface area contributed by atoms with Crippen LogP contribution in [-0.2, 0) is 6.54 Å². The van der Waals surface area contributed by atoms with Crippen LogP contribution in [0, 0.1) is 0 Å². The van der Waals surface area contributed by atoms with Gasteiger partial charge in [-0.15, -0.1) is 11.3 Å². The van der Waals surface area contributed by atoms with Gasteiger partial charge in [-0.25, -0.2) is 4.98 Å².